The number of benzene rings is 1. The number of hydrogen-bond donors (Lipinski definition) is 0. The minimum Gasteiger partial charge on any atom is -0.353 e. The minimum absolute atomic E-state index is 0.160. The highest BCUT2D eigenvalue weighted by Gasteiger charge is 2.26. The molecule has 9 heteroatoms. The van der Waals surface area contributed by atoms with E-state index in [1.54, 1.807) is 30.2 Å². The van der Waals surface area contributed by atoms with E-state index in [0.29, 0.717) is 42.3 Å². The van der Waals surface area contributed by atoms with E-state index in [4.69, 9.17) is 11.6 Å². The molecule has 2 heterocycles. The largest absolute Gasteiger partial charge is 0.353 e. The van der Waals surface area contributed by atoms with Gasteiger partial charge in [0.25, 0.3) is 5.91 Å². The van der Waals surface area contributed by atoms with Gasteiger partial charge in [-0.1, -0.05) is 11.6 Å². The first-order chi connectivity index (χ1) is 13.6. The molecular formula is C20H25ClN4O3S. The van der Waals surface area contributed by atoms with Gasteiger partial charge in [0.2, 0.25) is 10.0 Å². The number of anilines is 1. The fourth-order valence-corrected chi connectivity index (χ4v) is 4.62. The molecule has 1 aromatic carbocycles. The number of aromatic nitrogens is 1. The number of carbonyl (C=O) groups is 1. The predicted octanol–water partition coefficient (Wildman–Crippen LogP) is 2.56. The number of nitrogens with zero attached hydrogens (tertiary/aromatic N) is 4. The van der Waals surface area contributed by atoms with Gasteiger partial charge in [-0.2, -0.15) is 0 Å². The number of sulfonamides is 1. The van der Waals surface area contributed by atoms with Crippen molar-refractivity contribution in [1.82, 2.24) is 14.2 Å². The van der Waals surface area contributed by atoms with Crippen LogP contribution in [0.3, 0.4) is 0 Å². The molecule has 0 spiro atoms. The molecule has 3 rings (SSSR count). The monoisotopic (exact) mass is 436 g/mol. The number of pyridine rings is 1. The van der Waals surface area contributed by atoms with Gasteiger partial charge in [0.15, 0.2) is 0 Å². The highest BCUT2D eigenvalue weighted by molar-refractivity contribution is 7.89. The van der Waals surface area contributed by atoms with Crippen molar-refractivity contribution in [3.8, 4) is 0 Å². The van der Waals surface area contributed by atoms with Crippen molar-refractivity contribution in [3.63, 3.8) is 0 Å². The number of piperazine rings is 1. The van der Waals surface area contributed by atoms with Gasteiger partial charge in [0, 0.05) is 52.0 Å². The minimum atomic E-state index is -3.63. The summed E-state index contributed by atoms with van der Waals surface area (Å²) in [5.41, 5.74) is 1.83. The molecule has 0 aliphatic carbocycles. The highest BCUT2D eigenvalue weighted by Crippen LogP contribution is 2.25. The summed E-state index contributed by atoms with van der Waals surface area (Å²) in [6.07, 6.45) is 1.61. The summed E-state index contributed by atoms with van der Waals surface area (Å²) in [4.78, 5) is 21.4. The molecule has 1 amide bonds. The second-order valence-electron chi connectivity index (χ2n) is 7.32. The van der Waals surface area contributed by atoms with Crippen molar-refractivity contribution in [2.24, 2.45) is 0 Å². The van der Waals surface area contributed by atoms with Gasteiger partial charge < -0.3 is 9.80 Å². The Morgan fingerprint density at radius 3 is 2.31 bits per heavy atom. The van der Waals surface area contributed by atoms with Crippen LogP contribution in [-0.2, 0) is 10.0 Å². The van der Waals surface area contributed by atoms with Crippen LogP contribution >= 0.6 is 11.6 Å². The lowest BCUT2D eigenvalue weighted by atomic mass is 10.0. The Hall–Kier alpha value is -2.16. The molecule has 1 aromatic heterocycles. The average Bonchev–Trinajstić information content (AvgIpc) is 2.70. The average molecular weight is 437 g/mol. The summed E-state index contributed by atoms with van der Waals surface area (Å²) >= 11 is 5.89. The zero-order valence-electron chi connectivity index (χ0n) is 17.0. The number of amides is 1. The Bertz CT molecular complexity index is 1010. The first-order valence-electron chi connectivity index (χ1n) is 9.31. The van der Waals surface area contributed by atoms with Crippen molar-refractivity contribution in [2.45, 2.75) is 18.7 Å². The number of carbonyl (C=O) groups excluding carboxylic acids is 1. The van der Waals surface area contributed by atoms with Crippen LogP contribution in [0.1, 0.15) is 21.5 Å². The summed E-state index contributed by atoms with van der Waals surface area (Å²) in [7, 11) is -0.652. The highest BCUT2D eigenvalue weighted by atomic mass is 35.5. The number of hydrogen-bond acceptors (Lipinski definition) is 5. The van der Waals surface area contributed by atoms with E-state index in [1.807, 2.05) is 13.0 Å². The summed E-state index contributed by atoms with van der Waals surface area (Å²) in [6.45, 7) is 5.95. The maximum absolute atomic E-state index is 13.1. The molecular weight excluding hydrogens is 412 g/mol. The van der Waals surface area contributed by atoms with Crippen LogP contribution in [0.2, 0.25) is 5.02 Å². The van der Waals surface area contributed by atoms with Crippen LogP contribution in [0.15, 0.2) is 35.4 Å². The van der Waals surface area contributed by atoms with E-state index in [1.165, 1.54) is 24.5 Å². The third-order valence-corrected chi connectivity index (χ3v) is 7.39. The summed E-state index contributed by atoms with van der Waals surface area (Å²) in [5, 5.41) is 0.584. The predicted molar refractivity (Wildman–Crippen MR) is 114 cm³/mol. The third-order valence-electron chi connectivity index (χ3n) is 5.23. The zero-order valence-corrected chi connectivity index (χ0v) is 18.6. The van der Waals surface area contributed by atoms with Crippen LogP contribution < -0.4 is 4.90 Å². The molecule has 0 unspecified atom stereocenters. The topological polar surface area (TPSA) is 73.8 Å². The SMILES string of the molecule is Cc1cc(C(=O)N2CCN(c3ccc(Cl)cn3)CC2)cc(S(=O)(=O)N(C)C)c1C. The molecule has 7 nitrogen and oxygen atoms in total. The van der Waals surface area contributed by atoms with Crippen LogP contribution in [-0.4, -0.2) is 68.8 Å². The smallest absolute Gasteiger partial charge is 0.254 e. The van der Waals surface area contributed by atoms with Crippen molar-refractivity contribution < 1.29 is 13.2 Å². The van der Waals surface area contributed by atoms with E-state index >= 15 is 0 Å². The Morgan fingerprint density at radius 2 is 1.76 bits per heavy atom. The third kappa shape index (κ3) is 4.39. The molecule has 0 radical (unpaired) electrons. The standard InChI is InChI=1S/C20H25ClN4O3S/c1-14-11-16(12-18(15(14)2)29(27,28)23(3)4)20(26)25-9-7-24(8-10-25)19-6-5-17(21)13-22-19/h5-6,11-13H,7-10H2,1-4H3. The quantitative estimate of drug-likeness (QED) is 0.736. The Morgan fingerprint density at radius 1 is 1.10 bits per heavy atom. The lowest BCUT2D eigenvalue weighted by Gasteiger charge is -2.35. The molecule has 1 aliphatic rings. The van der Waals surface area contributed by atoms with Crippen molar-refractivity contribution in [2.75, 3.05) is 45.2 Å². The van der Waals surface area contributed by atoms with Gasteiger partial charge in [-0.15, -0.1) is 0 Å². The van der Waals surface area contributed by atoms with Crippen molar-refractivity contribution in [3.05, 3.63) is 52.2 Å². The second-order valence-corrected chi connectivity index (χ2v) is 9.87. The van der Waals surface area contributed by atoms with E-state index < -0.39 is 10.0 Å². The van der Waals surface area contributed by atoms with Gasteiger partial charge >= 0.3 is 0 Å². The molecule has 1 fully saturated rings. The lowest BCUT2D eigenvalue weighted by Crippen LogP contribution is -2.49. The summed E-state index contributed by atoms with van der Waals surface area (Å²) < 4.78 is 26.5. The second kappa shape index (κ2) is 8.30. The van der Waals surface area contributed by atoms with E-state index in [0.717, 1.165) is 11.4 Å². The summed E-state index contributed by atoms with van der Waals surface area (Å²) in [6, 6.07) is 6.91. The first-order valence-corrected chi connectivity index (χ1v) is 11.1. The number of aryl methyl sites for hydroxylation is 1. The first kappa shape index (κ1) is 21.5. The fraction of sp³-hybridized carbons (Fsp3) is 0.400. The molecule has 0 saturated carbocycles. The Balaban J connectivity index is 1.79. The molecule has 1 saturated heterocycles. The van der Waals surface area contributed by atoms with Crippen LogP contribution in [0, 0.1) is 13.8 Å². The van der Waals surface area contributed by atoms with Crippen LogP contribution in [0.4, 0.5) is 5.82 Å². The molecule has 1 aliphatic heterocycles. The maximum Gasteiger partial charge on any atom is 0.254 e. The molecule has 0 N–H and O–H groups in total. The number of rotatable bonds is 4. The van der Waals surface area contributed by atoms with Gasteiger partial charge in [-0.3, -0.25) is 4.79 Å². The normalized spacial score (nSPS) is 15.1. The van der Waals surface area contributed by atoms with Crippen molar-refractivity contribution in [1.29, 1.82) is 0 Å². The molecule has 156 valence electrons. The van der Waals surface area contributed by atoms with E-state index in [9.17, 15) is 13.2 Å². The number of halogens is 1. The molecule has 2 aromatic rings. The summed E-state index contributed by atoms with van der Waals surface area (Å²) in [5.74, 6) is 0.666. The molecule has 0 atom stereocenters. The van der Waals surface area contributed by atoms with Gasteiger partial charge in [-0.05, 0) is 49.2 Å². The van der Waals surface area contributed by atoms with Crippen LogP contribution in [0.5, 0.6) is 0 Å². The van der Waals surface area contributed by atoms with Gasteiger partial charge in [-0.25, -0.2) is 17.7 Å². The van der Waals surface area contributed by atoms with E-state index in [-0.39, 0.29) is 10.8 Å². The Labute approximate surface area is 176 Å². The van der Waals surface area contributed by atoms with Crippen LogP contribution in [0.25, 0.3) is 0 Å². The molecule has 0 bridgehead atoms. The molecule has 29 heavy (non-hydrogen) atoms. The van der Waals surface area contributed by atoms with Gasteiger partial charge in [0.05, 0.1) is 9.92 Å². The van der Waals surface area contributed by atoms with Gasteiger partial charge in [0.1, 0.15) is 5.82 Å². The van der Waals surface area contributed by atoms with E-state index in [2.05, 4.69) is 9.88 Å². The van der Waals surface area contributed by atoms with Crippen molar-refractivity contribution >= 4 is 33.3 Å². The maximum atomic E-state index is 13.1. The Kier molecular flexibility index (Phi) is 6.16. The lowest BCUT2D eigenvalue weighted by molar-refractivity contribution is 0.0746. The fourth-order valence-electron chi connectivity index (χ4n) is 3.29. The zero-order chi connectivity index (χ0) is 21.3.